The van der Waals surface area contributed by atoms with Gasteiger partial charge in [-0.25, -0.2) is 5.43 Å². The van der Waals surface area contributed by atoms with Gasteiger partial charge in [0, 0.05) is 20.4 Å². The molecule has 2 N–H and O–H groups in total. The number of halogens is 1. The van der Waals surface area contributed by atoms with Crippen LogP contribution in [0.2, 0.25) is 0 Å². The van der Waals surface area contributed by atoms with Crippen molar-refractivity contribution in [3.05, 3.63) is 45.1 Å². The molecule has 21 heavy (non-hydrogen) atoms. The Balaban J connectivity index is 1.75. The zero-order chi connectivity index (χ0) is 15.1. The summed E-state index contributed by atoms with van der Waals surface area (Å²) >= 11 is 4.90. The number of ether oxygens (including phenoxy) is 1. The van der Waals surface area contributed by atoms with Crippen molar-refractivity contribution in [1.29, 1.82) is 0 Å². The molecule has 0 aliphatic rings. The zero-order valence-corrected chi connectivity index (χ0v) is 13.7. The minimum absolute atomic E-state index is 0.151. The lowest BCUT2D eigenvalue weighted by Crippen LogP contribution is -2.25. The highest BCUT2D eigenvalue weighted by Crippen LogP contribution is 2.17. The first-order valence-electron chi connectivity index (χ1n) is 6.11. The summed E-state index contributed by atoms with van der Waals surface area (Å²) in [6.07, 6.45) is 1.61. The van der Waals surface area contributed by atoms with Crippen LogP contribution in [-0.2, 0) is 4.79 Å². The maximum atomic E-state index is 11.6. The van der Waals surface area contributed by atoms with Crippen LogP contribution in [0, 0.1) is 0 Å². The van der Waals surface area contributed by atoms with Crippen LogP contribution in [0.5, 0.6) is 5.75 Å². The number of carbonyl (C=O) groups is 1. The third-order valence-corrected chi connectivity index (χ3v) is 4.14. The molecule has 5 nitrogen and oxygen atoms in total. The van der Waals surface area contributed by atoms with Crippen molar-refractivity contribution in [3.8, 4) is 5.75 Å². The van der Waals surface area contributed by atoms with Gasteiger partial charge in [0.2, 0.25) is 0 Å². The summed E-state index contributed by atoms with van der Waals surface area (Å²) < 4.78 is 6.06. The highest BCUT2D eigenvalue weighted by Gasteiger charge is 2.00. The van der Waals surface area contributed by atoms with E-state index in [9.17, 15) is 4.79 Å². The number of nitrogens with zero attached hydrogens (tertiary/aromatic N) is 1. The van der Waals surface area contributed by atoms with E-state index in [0.717, 1.165) is 20.8 Å². The lowest BCUT2D eigenvalue weighted by Gasteiger charge is -2.06. The van der Waals surface area contributed by atoms with Gasteiger partial charge in [0.25, 0.3) is 5.91 Å². The fourth-order valence-corrected chi connectivity index (χ4v) is 2.80. The molecule has 0 aliphatic carbocycles. The number of thiophene rings is 1. The van der Waals surface area contributed by atoms with Crippen molar-refractivity contribution < 1.29 is 9.53 Å². The van der Waals surface area contributed by atoms with E-state index in [1.54, 1.807) is 13.3 Å². The Morgan fingerprint density at radius 1 is 1.43 bits per heavy atom. The third-order valence-electron chi connectivity index (χ3n) is 2.51. The van der Waals surface area contributed by atoms with Crippen LogP contribution in [0.1, 0.15) is 4.88 Å². The monoisotopic (exact) mass is 367 g/mol. The molecule has 0 spiro atoms. The van der Waals surface area contributed by atoms with Gasteiger partial charge >= 0.3 is 0 Å². The second-order valence-corrected chi connectivity index (χ2v) is 5.90. The van der Waals surface area contributed by atoms with Crippen LogP contribution in [0.4, 0.5) is 5.69 Å². The maximum absolute atomic E-state index is 11.6. The van der Waals surface area contributed by atoms with Gasteiger partial charge < -0.3 is 10.1 Å². The summed E-state index contributed by atoms with van der Waals surface area (Å²) in [5, 5.41) is 8.85. The van der Waals surface area contributed by atoms with Crippen LogP contribution in [-0.4, -0.2) is 25.8 Å². The van der Waals surface area contributed by atoms with Crippen molar-refractivity contribution in [2.45, 2.75) is 0 Å². The fourth-order valence-electron chi connectivity index (χ4n) is 1.49. The second kappa shape index (κ2) is 7.80. The van der Waals surface area contributed by atoms with Crippen molar-refractivity contribution in [3.63, 3.8) is 0 Å². The van der Waals surface area contributed by atoms with E-state index in [1.165, 1.54) is 11.3 Å². The van der Waals surface area contributed by atoms with Crippen molar-refractivity contribution in [2.75, 3.05) is 19.0 Å². The van der Waals surface area contributed by atoms with Crippen molar-refractivity contribution in [2.24, 2.45) is 5.10 Å². The van der Waals surface area contributed by atoms with E-state index in [1.807, 2.05) is 35.7 Å². The molecule has 0 atom stereocenters. The number of methoxy groups -OCH3 is 1. The van der Waals surface area contributed by atoms with E-state index >= 15 is 0 Å². The molecule has 1 aromatic heterocycles. The Morgan fingerprint density at radius 3 is 2.81 bits per heavy atom. The van der Waals surface area contributed by atoms with Crippen molar-refractivity contribution >= 4 is 45.1 Å². The molecule has 1 heterocycles. The first-order valence-corrected chi connectivity index (χ1v) is 7.78. The number of amides is 1. The Morgan fingerprint density at radius 2 is 2.19 bits per heavy atom. The molecule has 0 saturated heterocycles. The summed E-state index contributed by atoms with van der Waals surface area (Å²) in [7, 11) is 1.61. The van der Waals surface area contributed by atoms with E-state index in [2.05, 4.69) is 31.8 Å². The molecule has 1 amide bonds. The van der Waals surface area contributed by atoms with E-state index < -0.39 is 0 Å². The maximum Gasteiger partial charge on any atom is 0.259 e. The SMILES string of the molecule is COc1ccc(NCC(=O)N/N=C\c2cc(Br)cs2)cc1. The lowest BCUT2D eigenvalue weighted by molar-refractivity contribution is -0.119. The second-order valence-electron chi connectivity index (χ2n) is 4.04. The Bertz CT molecular complexity index is 625. The third kappa shape index (κ3) is 5.20. The molecule has 0 aliphatic heterocycles. The minimum Gasteiger partial charge on any atom is -0.497 e. The molecular weight excluding hydrogens is 354 g/mol. The molecular formula is C14H14BrN3O2S. The zero-order valence-electron chi connectivity index (χ0n) is 11.3. The summed E-state index contributed by atoms with van der Waals surface area (Å²) in [6, 6.07) is 9.27. The molecule has 0 unspecified atom stereocenters. The van der Waals surface area contributed by atoms with Gasteiger partial charge in [0.15, 0.2) is 0 Å². The van der Waals surface area contributed by atoms with Crippen LogP contribution in [0.15, 0.2) is 45.3 Å². The average molecular weight is 368 g/mol. The van der Waals surface area contributed by atoms with E-state index in [-0.39, 0.29) is 12.5 Å². The number of carbonyl (C=O) groups excluding carboxylic acids is 1. The van der Waals surface area contributed by atoms with Gasteiger partial charge in [-0.15, -0.1) is 11.3 Å². The number of hydrazone groups is 1. The highest BCUT2D eigenvalue weighted by molar-refractivity contribution is 9.10. The van der Waals surface area contributed by atoms with Crippen LogP contribution >= 0.6 is 27.3 Å². The van der Waals surface area contributed by atoms with Gasteiger partial charge in [0.1, 0.15) is 5.75 Å². The number of anilines is 1. The number of nitrogens with one attached hydrogen (secondary N) is 2. The minimum atomic E-state index is -0.210. The number of hydrogen-bond acceptors (Lipinski definition) is 5. The molecule has 0 radical (unpaired) electrons. The number of rotatable bonds is 6. The first kappa shape index (κ1) is 15.5. The standard InChI is InChI=1S/C14H14BrN3O2S/c1-20-12-4-2-11(3-5-12)16-8-14(19)18-17-7-13-6-10(15)9-21-13/h2-7,9,16H,8H2,1H3,(H,18,19)/b17-7-. The average Bonchev–Trinajstić information content (AvgIpc) is 2.91. The first-order chi connectivity index (χ1) is 10.2. The van der Waals surface area contributed by atoms with E-state index in [0.29, 0.717) is 0 Å². The molecule has 0 saturated carbocycles. The summed E-state index contributed by atoms with van der Waals surface area (Å²) in [5.41, 5.74) is 3.31. The molecule has 0 fully saturated rings. The summed E-state index contributed by atoms with van der Waals surface area (Å²) in [6.45, 7) is 0.151. The van der Waals surface area contributed by atoms with Crippen LogP contribution in [0.25, 0.3) is 0 Å². The Labute approximate surface area is 135 Å². The van der Waals surface area contributed by atoms with Gasteiger partial charge in [-0.2, -0.15) is 5.10 Å². The largest absolute Gasteiger partial charge is 0.497 e. The highest BCUT2D eigenvalue weighted by atomic mass is 79.9. The summed E-state index contributed by atoms with van der Waals surface area (Å²) in [5.74, 6) is 0.564. The quantitative estimate of drug-likeness (QED) is 0.609. The van der Waals surface area contributed by atoms with Crippen LogP contribution in [0.3, 0.4) is 0 Å². The van der Waals surface area contributed by atoms with Crippen molar-refractivity contribution in [1.82, 2.24) is 5.43 Å². The predicted molar refractivity (Wildman–Crippen MR) is 89.2 cm³/mol. The predicted octanol–water partition coefficient (Wildman–Crippen LogP) is 3.08. The number of benzene rings is 1. The van der Waals surface area contributed by atoms with Crippen LogP contribution < -0.4 is 15.5 Å². The smallest absolute Gasteiger partial charge is 0.259 e. The Hall–Kier alpha value is -1.86. The molecule has 2 rings (SSSR count). The van der Waals surface area contributed by atoms with Gasteiger partial charge in [0.05, 0.1) is 19.9 Å². The van der Waals surface area contributed by atoms with Gasteiger partial charge in [-0.05, 0) is 46.3 Å². The fraction of sp³-hybridized carbons (Fsp3) is 0.143. The normalized spacial score (nSPS) is 10.6. The van der Waals surface area contributed by atoms with E-state index in [4.69, 9.17) is 4.74 Å². The molecule has 110 valence electrons. The summed E-state index contributed by atoms with van der Waals surface area (Å²) in [4.78, 5) is 12.6. The topological polar surface area (TPSA) is 62.7 Å². The lowest BCUT2D eigenvalue weighted by atomic mass is 10.3. The molecule has 2 aromatic rings. The number of hydrogen-bond donors (Lipinski definition) is 2. The molecule has 7 heteroatoms. The van der Waals surface area contributed by atoms with Gasteiger partial charge in [-0.3, -0.25) is 4.79 Å². The van der Waals surface area contributed by atoms with Gasteiger partial charge in [-0.1, -0.05) is 0 Å². The molecule has 0 bridgehead atoms. The molecule has 1 aromatic carbocycles. The Kier molecular flexibility index (Phi) is 5.77.